The number of tetrazole rings is 1. The molecule has 128 valence electrons. The van der Waals surface area contributed by atoms with Gasteiger partial charge in [0, 0.05) is 5.56 Å². The molecule has 0 aliphatic heterocycles. The van der Waals surface area contributed by atoms with Crippen LogP contribution in [0.5, 0.6) is 11.5 Å². The SMILES string of the molecule is COc1ccc(OC)c(C(=O)Cn2nnc(-c3ccccc3C)n2)c1. The van der Waals surface area contributed by atoms with Crippen LogP contribution in [0.25, 0.3) is 11.4 Å². The second-order valence-corrected chi connectivity index (χ2v) is 5.45. The van der Waals surface area contributed by atoms with Crippen molar-refractivity contribution in [2.45, 2.75) is 13.5 Å². The van der Waals surface area contributed by atoms with Gasteiger partial charge < -0.3 is 9.47 Å². The molecule has 0 spiro atoms. The van der Waals surface area contributed by atoms with Gasteiger partial charge in [-0.25, -0.2) is 0 Å². The first-order chi connectivity index (χ1) is 12.1. The van der Waals surface area contributed by atoms with Crippen LogP contribution in [-0.2, 0) is 6.54 Å². The zero-order valence-electron chi connectivity index (χ0n) is 14.3. The molecule has 0 atom stereocenters. The van der Waals surface area contributed by atoms with Crippen LogP contribution in [0.15, 0.2) is 42.5 Å². The number of ether oxygens (including phenoxy) is 2. The van der Waals surface area contributed by atoms with Crippen molar-refractivity contribution in [1.29, 1.82) is 0 Å². The van der Waals surface area contributed by atoms with Crippen molar-refractivity contribution in [3.8, 4) is 22.9 Å². The highest BCUT2D eigenvalue weighted by Crippen LogP contribution is 2.25. The van der Waals surface area contributed by atoms with Crippen LogP contribution in [0.2, 0.25) is 0 Å². The maximum Gasteiger partial charge on any atom is 0.205 e. The van der Waals surface area contributed by atoms with Gasteiger partial charge in [-0.15, -0.1) is 10.2 Å². The highest BCUT2D eigenvalue weighted by molar-refractivity contribution is 5.98. The summed E-state index contributed by atoms with van der Waals surface area (Å²) >= 11 is 0. The van der Waals surface area contributed by atoms with Crippen molar-refractivity contribution >= 4 is 5.78 Å². The summed E-state index contributed by atoms with van der Waals surface area (Å²) in [7, 11) is 3.06. The summed E-state index contributed by atoms with van der Waals surface area (Å²) in [6, 6.07) is 12.8. The monoisotopic (exact) mass is 338 g/mol. The highest BCUT2D eigenvalue weighted by Gasteiger charge is 2.16. The van der Waals surface area contributed by atoms with Gasteiger partial charge in [0.15, 0.2) is 5.78 Å². The molecule has 3 rings (SSSR count). The van der Waals surface area contributed by atoms with Gasteiger partial charge in [0.25, 0.3) is 0 Å². The second-order valence-electron chi connectivity index (χ2n) is 5.45. The third-order valence-corrected chi connectivity index (χ3v) is 3.83. The number of hydrogen-bond donors (Lipinski definition) is 0. The standard InChI is InChI=1S/C18H18N4O3/c1-12-6-4-5-7-14(12)18-19-21-22(20-18)11-16(23)15-10-13(24-2)8-9-17(15)25-3/h4-10H,11H2,1-3H3. The Hall–Kier alpha value is -3.22. The quantitative estimate of drug-likeness (QED) is 0.643. The first-order valence-electron chi connectivity index (χ1n) is 7.71. The van der Waals surface area contributed by atoms with Crippen LogP contribution in [-0.4, -0.2) is 40.2 Å². The summed E-state index contributed by atoms with van der Waals surface area (Å²) in [5.74, 6) is 1.36. The van der Waals surface area contributed by atoms with E-state index in [1.165, 1.54) is 11.9 Å². The second kappa shape index (κ2) is 7.12. The Morgan fingerprint density at radius 3 is 2.64 bits per heavy atom. The van der Waals surface area contributed by atoms with E-state index >= 15 is 0 Å². The molecule has 7 nitrogen and oxygen atoms in total. The van der Waals surface area contributed by atoms with Gasteiger partial charge in [-0.1, -0.05) is 24.3 Å². The van der Waals surface area contributed by atoms with E-state index in [2.05, 4.69) is 15.4 Å². The molecule has 0 amide bonds. The smallest absolute Gasteiger partial charge is 0.205 e. The van der Waals surface area contributed by atoms with Gasteiger partial charge in [-0.05, 0) is 35.9 Å². The molecule has 0 aliphatic rings. The summed E-state index contributed by atoms with van der Waals surface area (Å²) in [6.45, 7) is 1.94. The Morgan fingerprint density at radius 1 is 1.12 bits per heavy atom. The van der Waals surface area contributed by atoms with Crippen molar-refractivity contribution in [1.82, 2.24) is 20.2 Å². The van der Waals surface area contributed by atoms with Gasteiger partial charge in [-0.2, -0.15) is 4.80 Å². The number of aromatic nitrogens is 4. The zero-order valence-corrected chi connectivity index (χ0v) is 14.3. The average Bonchev–Trinajstić information content (AvgIpc) is 3.09. The largest absolute Gasteiger partial charge is 0.497 e. The normalized spacial score (nSPS) is 10.5. The molecule has 25 heavy (non-hydrogen) atoms. The molecule has 0 bridgehead atoms. The van der Waals surface area contributed by atoms with Crippen LogP contribution in [0, 0.1) is 6.92 Å². The van der Waals surface area contributed by atoms with Crippen molar-refractivity contribution in [3.63, 3.8) is 0 Å². The molecule has 0 aliphatic carbocycles. The van der Waals surface area contributed by atoms with Crippen LogP contribution >= 0.6 is 0 Å². The highest BCUT2D eigenvalue weighted by atomic mass is 16.5. The summed E-state index contributed by atoms with van der Waals surface area (Å²) in [5.41, 5.74) is 2.35. The number of ketones is 1. The number of rotatable bonds is 6. The maximum atomic E-state index is 12.6. The number of carbonyl (C=O) groups is 1. The van der Waals surface area contributed by atoms with Crippen LogP contribution in [0.1, 0.15) is 15.9 Å². The van der Waals surface area contributed by atoms with Crippen LogP contribution in [0.3, 0.4) is 0 Å². The molecule has 0 radical (unpaired) electrons. The van der Waals surface area contributed by atoms with E-state index in [0.29, 0.717) is 22.9 Å². The van der Waals surface area contributed by atoms with Crippen LogP contribution in [0.4, 0.5) is 0 Å². The molecule has 2 aromatic carbocycles. The molecule has 0 saturated heterocycles. The van der Waals surface area contributed by atoms with E-state index < -0.39 is 0 Å². The average molecular weight is 338 g/mol. The predicted molar refractivity (Wildman–Crippen MR) is 91.9 cm³/mol. The fraction of sp³-hybridized carbons (Fsp3) is 0.222. The Balaban J connectivity index is 1.84. The van der Waals surface area contributed by atoms with E-state index in [1.54, 1.807) is 25.3 Å². The number of carbonyl (C=O) groups excluding carboxylic acids is 1. The Kier molecular flexibility index (Phi) is 4.74. The minimum absolute atomic E-state index is 0.0393. The van der Waals surface area contributed by atoms with Gasteiger partial charge in [-0.3, -0.25) is 4.79 Å². The summed E-state index contributed by atoms with van der Waals surface area (Å²) in [6.07, 6.45) is 0. The number of nitrogens with zero attached hydrogens (tertiary/aromatic N) is 4. The van der Waals surface area contributed by atoms with E-state index in [9.17, 15) is 4.79 Å². The Morgan fingerprint density at radius 2 is 1.92 bits per heavy atom. The van der Waals surface area contributed by atoms with E-state index in [-0.39, 0.29) is 12.3 Å². The van der Waals surface area contributed by atoms with Gasteiger partial charge in [0.2, 0.25) is 5.82 Å². The summed E-state index contributed by atoms with van der Waals surface area (Å²) in [5, 5.41) is 12.3. The lowest BCUT2D eigenvalue weighted by molar-refractivity contribution is 0.0958. The number of Topliss-reactive ketones (excluding diaryl/α,β-unsaturated/α-hetero) is 1. The van der Waals surface area contributed by atoms with Crippen molar-refractivity contribution < 1.29 is 14.3 Å². The van der Waals surface area contributed by atoms with Gasteiger partial charge in [0.1, 0.15) is 18.0 Å². The molecule has 1 aromatic heterocycles. The molecule has 0 N–H and O–H groups in total. The zero-order chi connectivity index (χ0) is 17.8. The topological polar surface area (TPSA) is 79.1 Å². The lowest BCUT2D eigenvalue weighted by Crippen LogP contribution is -2.14. The molecule has 3 aromatic rings. The van der Waals surface area contributed by atoms with Gasteiger partial charge >= 0.3 is 0 Å². The minimum Gasteiger partial charge on any atom is -0.497 e. The number of aryl methyl sites for hydroxylation is 1. The lowest BCUT2D eigenvalue weighted by atomic mass is 10.1. The predicted octanol–water partition coefficient (Wildman–Crippen LogP) is 2.55. The fourth-order valence-corrected chi connectivity index (χ4v) is 2.49. The minimum atomic E-state index is -0.190. The molecule has 7 heteroatoms. The van der Waals surface area contributed by atoms with E-state index in [1.807, 2.05) is 31.2 Å². The molecule has 0 saturated carbocycles. The van der Waals surface area contributed by atoms with Crippen molar-refractivity contribution in [2.24, 2.45) is 0 Å². The van der Waals surface area contributed by atoms with E-state index in [0.717, 1.165) is 11.1 Å². The number of hydrogen-bond acceptors (Lipinski definition) is 6. The third-order valence-electron chi connectivity index (χ3n) is 3.83. The van der Waals surface area contributed by atoms with E-state index in [4.69, 9.17) is 9.47 Å². The first kappa shape index (κ1) is 16.6. The third kappa shape index (κ3) is 3.50. The molecular formula is C18H18N4O3. The maximum absolute atomic E-state index is 12.6. The summed E-state index contributed by atoms with van der Waals surface area (Å²) < 4.78 is 10.4. The lowest BCUT2D eigenvalue weighted by Gasteiger charge is -2.09. The Labute approximate surface area is 145 Å². The van der Waals surface area contributed by atoms with Crippen molar-refractivity contribution in [2.75, 3.05) is 14.2 Å². The fourth-order valence-electron chi connectivity index (χ4n) is 2.49. The summed E-state index contributed by atoms with van der Waals surface area (Å²) in [4.78, 5) is 13.9. The number of methoxy groups -OCH3 is 2. The van der Waals surface area contributed by atoms with Gasteiger partial charge in [0.05, 0.1) is 19.8 Å². The Bertz CT molecular complexity index is 905. The molecular weight excluding hydrogens is 320 g/mol. The molecule has 1 heterocycles. The molecule has 0 unspecified atom stereocenters. The number of benzene rings is 2. The van der Waals surface area contributed by atoms with Crippen LogP contribution < -0.4 is 9.47 Å². The van der Waals surface area contributed by atoms with Crippen molar-refractivity contribution in [3.05, 3.63) is 53.6 Å². The first-order valence-corrected chi connectivity index (χ1v) is 7.71. The molecule has 0 fully saturated rings.